The number of ether oxygens (including phenoxy) is 1. The van der Waals surface area contributed by atoms with Crippen molar-refractivity contribution in [3.05, 3.63) is 23.8 Å². The molecule has 1 rings (SSSR count). The molecule has 0 amide bonds. The third kappa shape index (κ3) is 4.26. The Balaban J connectivity index is 3.33. The van der Waals surface area contributed by atoms with E-state index >= 15 is 0 Å². The number of benzene rings is 1. The van der Waals surface area contributed by atoms with Gasteiger partial charge in [-0.3, -0.25) is 0 Å². The monoisotopic (exact) mass is 306 g/mol. The molecule has 2 N–H and O–H groups in total. The maximum atomic E-state index is 12.7. The number of anilines is 1. The van der Waals surface area contributed by atoms with Crippen LogP contribution >= 0.6 is 12.2 Å². The zero-order valence-electron chi connectivity index (χ0n) is 11.5. The summed E-state index contributed by atoms with van der Waals surface area (Å²) in [6.45, 7) is 2.27. The van der Waals surface area contributed by atoms with Gasteiger partial charge in [0.05, 0.1) is 12.8 Å². The fourth-order valence-electron chi connectivity index (χ4n) is 1.82. The average molecular weight is 306 g/mol. The number of thiocarbonyl (C=S) groups is 1. The van der Waals surface area contributed by atoms with Gasteiger partial charge in [-0.2, -0.15) is 13.2 Å². The molecule has 0 unspecified atom stereocenters. The van der Waals surface area contributed by atoms with Crippen LogP contribution in [0.4, 0.5) is 18.9 Å². The number of alkyl halides is 3. The van der Waals surface area contributed by atoms with Gasteiger partial charge < -0.3 is 15.4 Å². The minimum Gasteiger partial charge on any atom is -0.497 e. The van der Waals surface area contributed by atoms with E-state index in [1.807, 2.05) is 0 Å². The second kappa shape index (κ2) is 6.30. The molecular weight excluding hydrogens is 289 g/mol. The Kier molecular flexibility index (Phi) is 5.21. The summed E-state index contributed by atoms with van der Waals surface area (Å²) in [6, 6.07) is 4.34. The van der Waals surface area contributed by atoms with Gasteiger partial charge >= 0.3 is 6.18 Å². The van der Waals surface area contributed by atoms with Crippen molar-refractivity contribution >= 4 is 22.9 Å². The standard InChI is InChI=1S/C13H17F3N2OS/c1-8(2)18(7-13(14,15)16)11-6-9(19-3)4-5-10(11)12(17)20/h4-6,8H,7H2,1-3H3,(H2,17,20). The van der Waals surface area contributed by atoms with Crippen molar-refractivity contribution in [2.75, 3.05) is 18.6 Å². The Hall–Kier alpha value is -1.50. The number of nitrogens with zero attached hydrogens (tertiary/aromatic N) is 1. The van der Waals surface area contributed by atoms with Gasteiger partial charge in [-0.25, -0.2) is 0 Å². The summed E-state index contributed by atoms with van der Waals surface area (Å²) in [6.07, 6.45) is -4.32. The SMILES string of the molecule is COc1ccc(C(N)=S)c(N(CC(F)(F)F)C(C)C)c1. The summed E-state index contributed by atoms with van der Waals surface area (Å²) < 4.78 is 43.2. The largest absolute Gasteiger partial charge is 0.497 e. The number of hydrogen-bond acceptors (Lipinski definition) is 3. The Bertz CT molecular complexity index is 489. The van der Waals surface area contributed by atoms with Crippen molar-refractivity contribution in [2.24, 2.45) is 5.73 Å². The predicted octanol–water partition coefficient (Wildman–Crippen LogP) is 3.11. The minimum absolute atomic E-state index is 0.0514. The summed E-state index contributed by atoms with van der Waals surface area (Å²) >= 11 is 4.91. The first-order chi connectivity index (χ1) is 9.15. The van der Waals surface area contributed by atoms with Crippen LogP contribution in [-0.4, -0.2) is 30.9 Å². The Labute approximate surface area is 121 Å². The lowest BCUT2D eigenvalue weighted by molar-refractivity contribution is -0.120. The normalized spacial score (nSPS) is 11.6. The molecule has 0 saturated carbocycles. The van der Waals surface area contributed by atoms with Crippen LogP contribution in [0.3, 0.4) is 0 Å². The molecule has 1 aromatic carbocycles. The smallest absolute Gasteiger partial charge is 0.405 e. The molecule has 0 heterocycles. The molecule has 1 aromatic rings. The summed E-state index contributed by atoms with van der Waals surface area (Å²) in [5.41, 5.74) is 6.32. The van der Waals surface area contributed by atoms with Crippen LogP contribution < -0.4 is 15.4 Å². The van der Waals surface area contributed by atoms with E-state index in [4.69, 9.17) is 22.7 Å². The van der Waals surface area contributed by atoms with Gasteiger partial charge in [-0.15, -0.1) is 0 Å². The highest BCUT2D eigenvalue weighted by atomic mass is 32.1. The molecule has 0 aliphatic heterocycles. The van der Waals surface area contributed by atoms with Crippen LogP contribution in [0.2, 0.25) is 0 Å². The van der Waals surface area contributed by atoms with E-state index in [2.05, 4.69) is 0 Å². The number of methoxy groups -OCH3 is 1. The molecule has 0 aliphatic rings. The molecule has 112 valence electrons. The number of halogens is 3. The van der Waals surface area contributed by atoms with E-state index in [1.165, 1.54) is 18.1 Å². The van der Waals surface area contributed by atoms with Gasteiger partial charge in [0.15, 0.2) is 0 Å². The lowest BCUT2D eigenvalue weighted by atomic mass is 10.1. The molecule has 7 heteroatoms. The van der Waals surface area contributed by atoms with Crippen LogP contribution in [0.5, 0.6) is 5.75 Å². The molecule has 0 radical (unpaired) electrons. The van der Waals surface area contributed by atoms with Crippen molar-refractivity contribution in [3.8, 4) is 5.75 Å². The molecule has 0 bridgehead atoms. The average Bonchev–Trinajstić information content (AvgIpc) is 2.33. The van der Waals surface area contributed by atoms with Crippen LogP contribution in [0, 0.1) is 0 Å². The van der Waals surface area contributed by atoms with Crippen LogP contribution in [0.15, 0.2) is 18.2 Å². The van der Waals surface area contributed by atoms with Gasteiger partial charge in [0, 0.05) is 17.7 Å². The Morgan fingerprint density at radius 3 is 2.40 bits per heavy atom. The maximum absolute atomic E-state index is 12.7. The first-order valence-electron chi connectivity index (χ1n) is 5.97. The molecule has 3 nitrogen and oxygen atoms in total. The molecule has 0 fully saturated rings. The fraction of sp³-hybridized carbons (Fsp3) is 0.462. The highest BCUT2D eigenvalue weighted by molar-refractivity contribution is 7.80. The molecular formula is C13H17F3N2OS. The van der Waals surface area contributed by atoms with Crippen molar-refractivity contribution in [1.82, 2.24) is 0 Å². The van der Waals surface area contributed by atoms with Crippen LogP contribution in [0.1, 0.15) is 19.4 Å². The van der Waals surface area contributed by atoms with E-state index in [0.717, 1.165) is 0 Å². The molecule has 0 saturated heterocycles. The second-order valence-electron chi connectivity index (χ2n) is 4.58. The van der Waals surface area contributed by atoms with Gasteiger partial charge in [-0.1, -0.05) is 12.2 Å². The second-order valence-corrected chi connectivity index (χ2v) is 5.02. The Morgan fingerprint density at radius 2 is 2.00 bits per heavy atom. The predicted molar refractivity (Wildman–Crippen MR) is 77.4 cm³/mol. The number of hydrogen-bond donors (Lipinski definition) is 1. The van der Waals surface area contributed by atoms with E-state index in [9.17, 15) is 13.2 Å². The van der Waals surface area contributed by atoms with Gasteiger partial charge in [-0.05, 0) is 26.0 Å². The molecule has 20 heavy (non-hydrogen) atoms. The zero-order chi connectivity index (χ0) is 15.5. The molecule has 0 atom stereocenters. The third-order valence-electron chi connectivity index (χ3n) is 2.75. The van der Waals surface area contributed by atoms with Gasteiger partial charge in [0.1, 0.15) is 17.3 Å². The quantitative estimate of drug-likeness (QED) is 0.848. The zero-order valence-corrected chi connectivity index (χ0v) is 12.3. The van der Waals surface area contributed by atoms with E-state index in [1.54, 1.807) is 26.0 Å². The molecule has 0 aliphatic carbocycles. The number of rotatable bonds is 5. The minimum atomic E-state index is -4.32. The van der Waals surface area contributed by atoms with Gasteiger partial charge in [0.25, 0.3) is 0 Å². The third-order valence-corrected chi connectivity index (χ3v) is 2.97. The highest BCUT2D eigenvalue weighted by Gasteiger charge is 2.33. The van der Waals surface area contributed by atoms with Crippen LogP contribution in [-0.2, 0) is 0 Å². The van der Waals surface area contributed by atoms with Crippen molar-refractivity contribution in [2.45, 2.75) is 26.1 Å². The topological polar surface area (TPSA) is 38.5 Å². The lowest BCUT2D eigenvalue weighted by Crippen LogP contribution is -2.40. The van der Waals surface area contributed by atoms with Crippen molar-refractivity contribution < 1.29 is 17.9 Å². The van der Waals surface area contributed by atoms with E-state index < -0.39 is 12.7 Å². The maximum Gasteiger partial charge on any atom is 0.405 e. The van der Waals surface area contributed by atoms with Gasteiger partial charge in [0.2, 0.25) is 0 Å². The Morgan fingerprint density at radius 1 is 1.40 bits per heavy atom. The van der Waals surface area contributed by atoms with Crippen molar-refractivity contribution in [3.63, 3.8) is 0 Å². The summed E-state index contributed by atoms with van der Waals surface area (Å²) in [7, 11) is 1.45. The van der Waals surface area contributed by atoms with Crippen LogP contribution in [0.25, 0.3) is 0 Å². The number of nitrogens with two attached hydrogens (primary N) is 1. The van der Waals surface area contributed by atoms with Crippen molar-refractivity contribution in [1.29, 1.82) is 0 Å². The first-order valence-corrected chi connectivity index (χ1v) is 6.37. The van der Waals surface area contributed by atoms with E-state index in [0.29, 0.717) is 17.0 Å². The van der Waals surface area contributed by atoms with E-state index in [-0.39, 0.29) is 11.0 Å². The lowest BCUT2D eigenvalue weighted by Gasteiger charge is -2.31. The fourth-order valence-corrected chi connectivity index (χ4v) is 2.00. The summed E-state index contributed by atoms with van der Waals surface area (Å²) in [5, 5.41) is 0. The first kappa shape index (κ1) is 16.6. The summed E-state index contributed by atoms with van der Waals surface area (Å²) in [5.74, 6) is 0.452. The molecule has 0 spiro atoms. The highest BCUT2D eigenvalue weighted by Crippen LogP contribution is 2.30. The molecule has 0 aromatic heterocycles. The summed E-state index contributed by atoms with van der Waals surface area (Å²) in [4.78, 5) is 1.26.